The van der Waals surface area contributed by atoms with Crippen LogP contribution in [-0.4, -0.2) is 58.3 Å². The third-order valence-electron chi connectivity index (χ3n) is 6.48. The molecule has 10 heteroatoms. The van der Waals surface area contributed by atoms with Crippen LogP contribution in [0.2, 0.25) is 0 Å². The average molecular weight is 565 g/mol. The molecule has 0 radical (unpaired) electrons. The summed E-state index contributed by atoms with van der Waals surface area (Å²) in [5, 5.41) is 7.09. The summed E-state index contributed by atoms with van der Waals surface area (Å²) in [7, 11) is 0. The normalized spacial score (nSPS) is 16.0. The number of alkyl carbamates (subject to hydrolysis) is 1. The van der Waals surface area contributed by atoms with Gasteiger partial charge < -0.3 is 24.3 Å². The van der Waals surface area contributed by atoms with Crippen LogP contribution in [0.15, 0.2) is 54.9 Å². The largest absolute Gasteiger partial charge is 0.492 e. The van der Waals surface area contributed by atoms with Gasteiger partial charge in [-0.25, -0.2) is 14.3 Å². The van der Waals surface area contributed by atoms with E-state index in [2.05, 4.69) is 15.4 Å². The fourth-order valence-corrected chi connectivity index (χ4v) is 4.53. The summed E-state index contributed by atoms with van der Waals surface area (Å²) in [6, 6.07) is 12.8. The van der Waals surface area contributed by atoms with E-state index < -0.39 is 23.7 Å². The first-order chi connectivity index (χ1) is 19.7. The van der Waals surface area contributed by atoms with Crippen molar-refractivity contribution in [3.63, 3.8) is 0 Å². The van der Waals surface area contributed by atoms with Crippen LogP contribution in [0.1, 0.15) is 64.3 Å². The van der Waals surface area contributed by atoms with Crippen molar-refractivity contribution < 1.29 is 28.5 Å². The van der Waals surface area contributed by atoms with Gasteiger partial charge in [0.2, 0.25) is 0 Å². The van der Waals surface area contributed by atoms with E-state index in [1.807, 2.05) is 47.1 Å². The number of ether oxygens (including phenoxy) is 4. The number of rotatable bonds is 11. The molecule has 1 saturated heterocycles. The molecule has 0 spiro atoms. The van der Waals surface area contributed by atoms with Crippen molar-refractivity contribution in [2.75, 3.05) is 19.8 Å². The van der Waals surface area contributed by atoms with Crippen LogP contribution in [-0.2, 0) is 31.8 Å². The lowest BCUT2D eigenvalue weighted by Gasteiger charge is -2.24. The Morgan fingerprint density at radius 1 is 1.10 bits per heavy atom. The molecule has 10 nitrogen and oxygen atoms in total. The zero-order chi connectivity index (χ0) is 29.2. The fraction of sp³-hybridized carbons (Fsp3) is 0.484. The third-order valence-corrected chi connectivity index (χ3v) is 6.48. The Balaban J connectivity index is 1.28. The van der Waals surface area contributed by atoms with Crippen molar-refractivity contribution in [1.82, 2.24) is 20.1 Å². The summed E-state index contributed by atoms with van der Waals surface area (Å²) in [6.07, 6.45) is 6.96. The van der Waals surface area contributed by atoms with Crippen molar-refractivity contribution >= 4 is 12.1 Å². The van der Waals surface area contributed by atoms with E-state index >= 15 is 0 Å². The number of benzene rings is 1. The molecule has 1 aliphatic heterocycles. The molecule has 4 rings (SSSR count). The maximum atomic E-state index is 12.4. The van der Waals surface area contributed by atoms with E-state index in [1.54, 1.807) is 40.1 Å². The molecule has 1 aliphatic rings. The molecule has 1 unspecified atom stereocenters. The lowest BCUT2D eigenvalue weighted by Crippen LogP contribution is -2.45. The molecule has 2 aromatic heterocycles. The monoisotopic (exact) mass is 564 g/mol. The number of carbonyl (C=O) groups excluding carboxylic acids is 2. The van der Waals surface area contributed by atoms with Gasteiger partial charge in [-0.2, -0.15) is 5.10 Å². The highest BCUT2D eigenvalue weighted by Crippen LogP contribution is 2.28. The molecule has 1 aromatic carbocycles. The van der Waals surface area contributed by atoms with Gasteiger partial charge in [0, 0.05) is 25.6 Å². The van der Waals surface area contributed by atoms with Gasteiger partial charge in [-0.15, -0.1) is 0 Å². The molecule has 3 aromatic rings. The Labute approximate surface area is 241 Å². The van der Waals surface area contributed by atoms with Gasteiger partial charge in [0.1, 0.15) is 17.4 Å². The molecule has 3 heterocycles. The molecule has 220 valence electrons. The van der Waals surface area contributed by atoms with Crippen molar-refractivity contribution in [2.24, 2.45) is 0 Å². The molecular formula is C31H40N4O6. The molecule has 1 N–H and O–H groups in total. The highest BCUT2D eigenvalue weighted by molar-refractivity contribution is 5.81. The van der Waals surface area contributed by atoms with E-state index in [9.17, 15) is 9.59 Å². The van der Waals surface area contributed by atoms with Crippen molar-refractivity contribution in [1.29, 1.82) is 0 Å². The highest BCUT2D eigenvalue weighted by Gasteiger charge is 2.26. The number of hydrogen-bond donors (Lipinski definition) is 1. The number of esters is 1. The third kappa shape index (κ3) is 9.04. The summed E-state index contributed by atoms with van der Waals surface area (Å²) >= 11 is 0. The lowest BCUT2D eigenvalue weighted by atomic mass is 10.0. The molecular weight excluding hydrogens is 524 g/mol. The minimum absolute atomic E-state index is 0.0462. The van der Waals surface area contributed by atoms with E-state index in [0.29, 0.717) is 25.2 Å². The van der Waals surface area contributed by atoms with Gasteiger partial charge >= 0.3 is 12.1 Å². The quantitative estimate of drug-likeness (QED) is 0.314. The first kappa shape index (κ1) is 30.0. The van der Waals surface area contributed by atoms with Crippen LogP contribution >= 0.6 is 0 Å². The van der Waals surface area contributed by atoms with Crippen molar-refractivity contribution in [2.45, 2.75) is 77.7 Å². The molecule has 0 aliphatic carbocycles. The molecule has 0 saturated carbocycles. The Kier molecular flexibility index (Phi) is 10.3. The predicted molar refractivity (Wildman–Crippen MR) is 153 cm³/mol. The first-order valence-corrected chi connectivity index (χ1v) is 14.2. The number of nitrogens with zero attached hydrogens (tertiary/aromatic N) is 3. The van der Waals surface area contributed by atoms with Gasteiger partial charge in [-0.05, 0) is 76.3 Å². The number of aromatic nitrogens is 3. The average Bonchev–Trinajstić information content (AvgIpc) is 3.44. The standard InChI is InChI=1S/C31H40N4O6/c1-5-38-29(36)26(34-30(37)41-31(2,3)4)20-23-11-9-22(10-12-23)16-19-39-24-13-14-25(32-21-24)27-15-17-33-35(27)28-8-6-7-18-40-28/h9-15,17,21,26,28H,5-8,16,18-20H2,1-4H3,(H,34,37)/t26-,28?/m1/s1. The lowest BCUT2D eigenvalue weighted by molar-refractivity contribution is -0.145. The van der Waals surface area contributed by atoms with Crippen LogP contribution in [0.5, 0.6) is 5.75 Å². The summed E-state index contributed by atoms with van der Waals surface area (Å²) in [5.74, 6) is 0.193. The Morgan fingerprint density at radius 2 is 1.88 bits per heavy atom. The fourth-order valence-electron chi connectivity index (χ4n) is 4.53. The minimum atomic E-state index is -0.844. The van der Waals surface area contributed by atoms with E-state index in [1.165, 1.54) is 0 Å². The molecule has 1 amide bonds. The van der Waals surface area contributed by atoms with Gasteiger partial charge in [-0.3, -0.25) is 4.98 Å². The van der Waals surface area contributed by atoms with Crippen LogP contribution in [0.4, 0.5) is 4.79 Å². The van der Waals surface area contributed by atoms with E-state index in [-0.39, 0.29) is 12.8 Å². The second-order valence-electron chi connectivity index (χ2n) is 10.9. The van der Waals surface area contributed by atoms with Crippen LogP contribution < -0.4 is 10.1 Å². The van der Waals surface area contributed by atoms with E-state index in [0.717, 1.165) is 48.4 Å². The van der Waals surface area contributed by atoms with Crippen LogP contribution in [0.25, 0.3) is 11.4 Å². The second-order valence-corrected chi connectivity index (χ2v) is 10.9. The highest BCUT2D eigenvalue weighted by atomic mass is 16.6. The Bertz CT molecular complexity index is 1260. The van der Waals surface area contributed by atoms with E-state index in [4.69, 9.17) is 18.9 Å². The molecule has 1 fully saturated rings. The molecule has 2 atom stereocenters. The number of nitrogens with one attached hydrogen (secondary N) is 1. The first-order valence-electron chi connectivity index (χ1n) is 14.2. The zero-order valence-electron chi connectivity index (χ0n) is 24.3. The minimum Gasteiger partial charge on any atom is -0.492 e. The maximum absolute atomic E-state index is 12.4. The molecule has 41 heavy (non-hydrogen) atoms. The number of amides is 1. The SMILES string of the molecule is CCOC(=O)[C@@H](Cc1ccc(CCOc2ccc(-c3ccnn3C3CCCCO3)nc2)cc1)NC(=O)OC(C)(C)C. The Morgan fingerprint density at radius 3 is 2.54 bits per heavy atom. The van der Waals surface area contributed by atoms with Crippen molar-refractivity contribution in [3.8, 4) is 17.1 Å². The van der Waals surface area contributed by atoms with Gasteiger partial charge in [0.15, 0.2) is 6.23 Å². The summed E-state index contributed by atoms with van der Waals surface area (Å²) in [5.41, 5.74) is 3.06. The van der Waals surface area contributed by atoms with Gasteiger partial charge in [0.05, 0.1) is 30.8 Å². The summed E-state index contributed by atoms with van der Waals surface area (Å²) < 4.78 is 24.2. The topological polar surface area (TPSA) is 114 Å². The predicted octanol–water partition coefficient (Wildman–Crippen LogP) is 5.26. The zero-order valence-corrected chi connectivity index (χ0v) is 24.3. The van der Waals surface area contributed by atoms with Crippen LogP contribution in [0.3, 0.4) is 0 Å². The summed E-state index contributed by atoms with van der Waals surface area (Å²) in [4.78, 5) is 29.3. The van der Waals surface area contributed by atoms with Crippen LogP contribution in [0, 0.1) is 0 Å². The maximum Gasteiger partial charge on any atom is 0.408 e. The number of carbonyl (C=O) groups is 2. The molecule has 0 bridgehead atoms. The Hall–Kier alpha value is -3.92. The van der Waals surface area contributed by atoms with Crippen molar-refractivity contribution in [3.05, 3.63) is 66.0 Å². The van der Waals surface area contributed by atoms with Gasteiger partial charge in [-0.1, -0.05) is 24.3 Å². The number of pyridine rings is 1. The summed E-state index contributed by atoms with van der Waals surface area (Å²) in [6.45, 7) is 8.50. The van der Waals surface area contributed by atoms with Gasteiger partial charge in [0.25, 0.3) is 0 Å². The second kappa shape index (κ2) is 14.1. The smallest absolute Gasteiger partial charge is 0.408 e. The number of hydrogen-bond acceptors (Lipinski definition) is 8.